The maximum Gasteiger partial charge on any atom is 0.338 e. The van der Waals surface area contributed by atoms with E-state index in [4.69, 9.17) is 4.74 Å². The van der Waals surface area contributed by atoms with Gasteiger partial charge in [0.05, 0.1) is 18.2 Å². The fraction of sp³-hybridized carbons (Fsp3) is 0.500. The summed E-state index contributed by atoms with van der Waals surface area (Å²) >= 11 is 0. The van der Waals surface area contributed by atoms with E-state index in [1.807, 2.05) is 0 Å². The molecule has 0 aliphatic carbocycles. The van der Waals surface area contributed by atoms with Crippen LogP contribution >= 0.6 is 0 Å². The summed E-state index contributed by atoms with van der Waals surface area (Å²) in [7, 11) is 0. The molecule has 146 valence electrons. The molecule has 2 aliphatic rings. The molecule has 2 N–H and O–H groups in total. The molecule has 2 amide bonds. The van der Waals surface area contributed by atoms with E-state index < -0.39 is 23.9 Å². The van der Waals surface area contributed by atoms with Crippen LogP contribution in [0, 0.1) is 5.82 Å². The van der Waals surface area contributed by atoms with Gasteiger partial charge in [0, 0.05) is 12.2 Å². The van der Waals surface area contributed by atoms with Crippen LogP contribution in [-0.2, 0) is 9.53 Å². The smallest absolute Gasteiger partial charge is 0.338 e. The molecule has 6 nitrogen and oxygen atoms in total. The summed E-state index contributed by atoms with van der Waals surface area (Å²) < 4.78 is 19.0. The minimum atomic E-state index is -0.740. The van der Waals surface area contributed by atoms with Crippen LogP contribution in [-0.4, -0.2) is 43.1 Å². The van der Waals surface area contributed by atoms with Gasteiger partial charge < -0.3 is 15.4 Å². The summed E-state index contributed by atoms with van der Waals surface area (Å²) in [5.74, 6) is -0.915. The molecule has 2 aliphatic heterocycles. The lowest BCUT2D eigenvalue weighted by Gasteiger charge is -2.31. The number of ether oxygens (including phenoxy) is 1. The van der Waals surface area contributed by atoms with Gasteiger partial charge in [-0.2, -0.15) is 0 Å². The molecule has 1 fully saturated rings. The summed E-state index contributed by atoms with van der Waals surface area (Å²) in [5.41, 5.74) is 1.39. The third-order valence-corrected chi connectivity index (χ3v) is 4.91. The summed E-state index contributed by atoms with van der Waals surface area (Å²) in [5, 5.41) is 5.52. The molecule has 1 aromatic rings. The van der Waals surface area contributed by atoms with Gasteiger partial charge in [-0.05, 0) is 50.6 Å². The highest BCUT2D eigenvalue weighted by molar-refractivity contribution is 5.95. The Bertz CT molecular complexity index is 727. The van der Waals surface area contributed by atoms with Gasteiger partial charge in [-0.15, -0.1) is 0 Å². The number of urea groups is 1. The van der Waals surface area contributed by atoms with E-state index in [9.17, 15) is 14.0 Å². The fourth-order valence-corrected chi connectivity index (χ4v) is 3.65. The number of esters is 1. The molecule has 1 atom stereocenters. The second-order valence-corrected chi connectivity index (χ2v) is 6.89. The van der Waals surface area contributed by atoms with Crippen LogP contribution in [0.4, 0.5) is 9.18 Å². The molecule has 3 rings (SSSR count). The zero-order valence-corrected chi connectivity index (χ0v) is 15.6. The van der Waals surface area contributed by atoms with Crippen molar-refractivity contribution in [1.29, 1.82) is 0 Å². The molecule has 7 heteroatoms. The first-order chi connectivity index (χ1) is 13.1. The van der Waals surface area contributed by atoms with E-state index in [0.29, 0.717) is 23.4 Å². The maximum absolute atomic E-state index is 13.7. The largest absolute Gasteiger partial charge is 0.463 e. The Morgan fingerprint density at radius 3 is 2.67 bits per heavy atom. The van der Waals surface area contributed by atoms with Crippen molar-refractivity contribution in [3.05, 3.63) is 46.9 Å². The highest BCUT2D eigenvalue weighted by Gasteiger charge is 2.34. The number of hydrogen-bond acceptors (Lipinski definition) is 4. The molecule has 1 saturated heterocycles. The molecule has 27 heavy (non-hydrogen) atoms. The number of amides is 2. The monoisotopic (exact) mass is 375 g/mol. The second kappa shape index (κ2) is 8.99. The Hall–Kier alpha value is -2.41. The number of carbonyl (C=O) groups is 2. The van der Waals surface area contributed by atoms with E-state index in [1.165, 1.54) is 25.0 Å². The predicted octanol–water partition coefficient (Wildman–Crippen LogP) is 2.87. The van der Waals surface area contributed by atoms with Gasteiger partial charge >= 0.3 is 12.0 Å². The lowest BCUT2D eigenvalue weighted by molar-refractivity contribution is -0.139. The van der Waals surface area contributed by atoms with Gasteiger partial charge in [0.2, 0.25) is 0 Å². The van der Waals surface area contributed by atoms with Crippen LogP contribution in [0.15, 0.2) is 35.5 Å². The summed E-state index contributed by atoms with van der Waals surface area (Å²) in [4.78, 5) is 27.2. The molecular weight excluding hydrogens is 349 g/mol. The molecule has 2 heterocycles. The molecule has 0 radical (unpaired) electrons. The average molecular weight is 375 g/mol. The normalized spacial score (nSPS) is 21.3. The van der Waals surface area contributed by atoms with Gasteiger partial charge in [0.15, 0.2) is 0 Å². The van der Waals surface area contributed by atoms with E-state index in [2.05, 4.69) is 15.5 Å². The Labute approximate surface area is 158 Å². The van der Waals surface area contributed by atoms with Crippen molar-refractivity contribution in [3.63, 3.8) is 0 Å². The number of rotatable bonds is 5. The number of carbonyl (C=O) groups excluding carboxylic acids is 2. The first kappa shape index (κ1) is 19.4. The standard InChI is InChI=1S/C20H26FN3O3/c1-2-27-19(25)17-16(13-24-10-5-3-4-6-11-24)22-20(26)23-18(17)14-8-7-9-15(21)12-14/h7-9,12,18H,2-6,10-11,13H2,1H3,(H2,22,23,26)/t18-/m0/s1. The Morgan fingerprint density at radius 2 is 2.00 bits per heavy atom. The number of hydrogen-bond donors (Lipinski definition) is 2. The average Bonchev–Trinajstić information content (AvgIpc) is 2.90. The summed E-state index contributed by atoms with van der Waals surface area (Å²) in [6, 6.07) is 4.79. The second-order valence-electron chi connectivity index (χ2n) is 6.89. The fourth-order valence-electron chi connectivity index (χ4n) is 3.65. The van der Waals surface area contributed by atoms with Crippen molar-refractivity contribution in [2.45, 2.75) is 38.6 Å². The Morgan fingerprint density at radius 1 is 1.26 bits per heavy atom. The van der Waals surface area contributed by atoms with Gasteiger partial charge in [0.1, 0.15) is 5.82 Å². The third kappa shape index (κ3) is 4.86. The Kier molecular flexibility index (Phi) is 6.45. The van der Waals surface area contributed by atoms with Crippen molar-refractivity contribution in [2.24, 2.45) is 0 Å². The van der Waals surface area contributed by atoms with Gasteiger partial charge in [-0.3, -0.25) is 4.90 Å². The SMILES string of the molecule is CCOC(=O)C1=C(CN2CCCCCC2)NC(=O)N[C@H]1c1cccc(F)c1. The van der Waals surface area contributed by atoms with Crippen molar-refractivity contribution < 1.29 is 18.7 Å². The number of benzene rings is 1. The van der Waals surface area contributed by atoms with E-state index in [0.717, 1.165) is 25.9 Å². The van der Waals surface area contributed by atoms with Gasteiger partial charge in [-0.1, -0.05) is 25.0 Å². The number of nitrogens with zero attached hydrogens (tertiary/aromatic N) is 1. The quantitative estimate of drug-likeness (QED) is 0.777. The zero-order valence-electron chi connectivity index (χ0n) is 15.6. The van der Waals surface area contributed by atoms with Crippen LogP contribution in [0.1, 0.15) is 44.2 Å². The molecule has 0 unspecified atom stereocenters. The van der Waals surface area contributed by atoms with Crippen LogP contribution in [0.25, 0.3) is 0 Å². The lowest BCUT2D eigenvalue weighted by atomic mass is 9.95. The molecule has 0 spiro atoms. The van der Waals surface area contributed by atoms with Crippen molar-refractivity contribution in [1.82, 2.24) is 15.5 Å². The van der Waals surface area contributed by atoms with Gasteiger partial charge in [0.25, 0.3) is 0 Å². The van der Waals surface area contributed by atoms with E-state index >= 15 is 0 Å². The number of likely N-dealkylation sites (tertiary alicyclic amines) is 1. The minimum Gasteiger partial charge on any atom is -0.463 e. The van der Waals surface area contributed by atoms with Crippen LogP contribution in [0.2, 0.25) is 0 Å². The highest BCUT2D eigenvalue weighted by Crippen LogP contribution is 2.29. The summed E-state index contributed by atoms with van der Waals surface area (Å²) in [6.07, 6.45) is 4.59. The highest BCUT2D eigenvalue weighted by atomic mass is 19.1. The molecule has 1 aromatic carbocycles. The first-order valence-electron chi connectivity index (χ1n) is 9.54. The van der Waals surface area contributed by atoms with Crippen molar-refractivity contribution in [3.8, 4) is 0 Å². The molecule has 0 aromatic heterocycles. The van der Waals surface area contributed by atoms with E-state index in [-0.39, 0.29) is 6.61 Å². The lowest BCUT2D eigenvalue weighted by Crippen LogP contribution is -2.48. The Balaban J connectivity index is 1.97. The van der Waals surface area contributed by atoms with E-state index in [1.54, 1.807) is 19.1 Å². The summed E-state index contributed by atoms with van der Waals surface area (Å²) in [6.45, 7) is 4.27. The maximum atomic E-state index is 13.7. The predicted molar refractivity (Wildman–Crippen MR) is 99.4 cm³/mol. The zero-order chi connectivity index (χ0) is 19.2. The van der Waals surface area contributed by atoms with Gasteiger partial charge in [-0.25, -0.2) is 14.0 Å². The molecule has 0 bridgehead atoms. The number of nitrogens with one attached hydrogen (secondary N) is 2. The molecular formula is C20H26FN3O3. The van der Waals surface area contributed by atoms with Crippen LogP contribution in [0.3, 0.4) is 0 Å². The van der Waals surface area contributed by atoms with Crippen molar-refractivity contribution >= 4 is 12.0 Å². The third-order valence-electron chi connectivity index (χ3n) is 4.91. The minimum absolute atomic E-state index is 0.225. The van der Waals surface area contributed by atoms with Crippen molar-refractivity contribution in [2.75, 3.05) is 26.2 Å². The first-order valence-corrected chi connectivity index (χ1v) is 9.54. The van der Waals surface area contributed by atoms with Crippen LogP contribution in [0.5, 0.6) is 0 Å². The number of halogens is 1. The topological polar surface area (TPSA) is 70.7 Å². The van der Waals surface area contributed by atoms with Crippen LogP contribution < -0.4 is 10.6 Å². The molecule has 0 saturated carbocycles.